The zero-order chi connectivity index (χ0) is 14.0. The third kappa shape index (κ3) is 5.95. The summed E-state index contributed by atoms with van der Waals surface area (Å²) in [6, 6.07) is 0.792. The fraction of sp³-hybridized carbons (Fsp3) is 1.00. The molecule has 118 valence electrons. The van der Waals surface area contributed by atoms with Gasteiger partial charge in [0.1, 0.15) is 0 Å². The molecule has 0 aromatic heterocycles. The van der Waals surface area contributed by atoms with Crippen LogP contribution in [0.3, 0.4) is 0 Å². The summed E-state index contributed by atoms with van der Waals surface area (Å²) in [6.07, 6.45) is 15.3. The Morgan fingerprint density at radius 3 is 2.65 bits per heavy atom. The SMILES string of the molecule is CSCCCCCCN1CCNC(C2CCCCC2)C1. The first-order valence-electron chi connectivity index (χ1n) is 8.85. The van der Waals surface area contributed by atoms with E-state index >= 15 is 0 Å². The van der Waals surface area contributed by atoms with Gasteiger partial charge in [-0.25, -0.2) is 0 Å². The minimum atomic E-state index is 0.792. The van der Waals surface area contributed by atoms with Gasteiger partial charge in [0.2, 0.25) is 0 Å². The van der Waals surface area contributed by atoms with Gasteiger partial charge in [0.05, 0.1) is 0 Å². The average molecular weight is 299 g/mol. The van der Waals surface area contributed by atoms with Crippen molar-refractivity contribution in [2.75, 3.05) is 38.2 Å². The molecule has 1 saturated heterocycles. The second-order valence-electron chi connectivity index (χ2n) is 6.67. The van der Waals surface area contributed by atoms with E-state index in [-0.39, 0.29) is 0 Å². The van der Waals surface area contributed by atoms with Crippen LogP contribution in [0.2, 0.25) is 0 Å². The quantitative estimate of drug-likeness (QED) is 0.687. The zero-order valence-electron chi connectivity index (χ0n) is 13.4. The highest BCUT2D eigenvalue weighted by atomic mass is 32.2. The summed E-state index contributed by atoms with van der Waals surface area (Å²) in [7, 11) is 0. The molecule has 0 aromatic carbocycles. The van der Waals surface area contributed by atoms with Crippen molar-refractivity contribution >= 4 is 11.8 Å². The Bertz CT molecular complexity index is 241. The molecule has 2 aliphatic rings. The molecule has 2 fully saturated rings. The average Bonchev–Trinajstić information content (AvgIpc) is 2.52. The van der Waals surface area contributed by atoms with Crippen LogP contribution in [0.4, 0.5) is 0 Å². The van der Waals surface area contributed by atoms with Gasteiger partial charge < -0.3 is 10.2 Å². The predicted octanol–water partition coefficient (Wildman–Crippen LogP) is 3.76. The fourth-order valence-electron chi connectivity index (χ4n) is 3.83. The number of hydrogen-bond donors (Lipinski definition) is 1. The van der Waals surface area contributed by atoms with Gasteiger partial charge in [-0.3, -0.25) is 0 Å². The molecule has 0 radical (unpaired) electrons. The second kappa shape index (κ2) is 10.1. The summed E-state index contributed by atoms with van der Waals surface area (Å²) in [5.41, 5.74) is 0. The fourth-order valence-corrected chi connectivity index (χ4v) is 4.33. The van der Waals surface area contributed by atoms with Gasteiger partial charge in [-0.1, -0.05) is 32.1 Å². The van der Waals surface area contributed by atoms with E-state index in [0.29, 0.717) is 0 Å². The summed E-state index contributed by atoms with van der Waals surface area (Å²) in [5.74, 6) is 2.31. The van der Waals surface area contributed by atoms with E-state index in [1.165, 1.54) is 89.7 Å². The molecular weight excluding hydrogens is 264 g/mol. The summed E-state index contributed by atoms with van der Waals surface area (Å²) in [5, 5.41) is 3.79. The number of unbranched alkanes of at least 4 members (excludes halogenated alkanes) is 3. The number of nitrogens with zero attached hydrogens (tertiary/aromatic N) is 1. The Morgan fingerprint density at radius 2 is 1.85 bits per heavy atom. The standard InChI is InChI=1S/C17H34N2S/c1-20-14-8-3-2-7-12-19-13-11-18-17(15-19)16-9-5-4-6-10-16/h16-18H,2-15H2,1H3. The third-order valence-corrected chi connectivity index (χ3v) is 5.78. The molecule has 1 unspecified atom stereocenters. The lowest BCUT2D eigenvalue weighted by Crippen LogP contribution is -2.54. The Kier molecular flexibility index (Phi) is 8.38. The molecule has 1 atom stereocenters. The third-order valence-electron chi connectivity index (χ3n) is 5.08. The van der Waals surface area contributed by atoms with Crippen molar-refractivity contribution in [1.29, 1.82) is 0 Å². The molecule has 0 aromatic rings. The van der Waals surface area contributed by atoms with E-state index in [1.807, 2.05) is 11.8 Å². The van der Waals surface area contributed by atoms with Crippen molar-refractivity contribution in [3.8, 4) is 0 Å². The highest BCUT2D eigenvalue weighted by molar-refractivity contribution is 7.98. The van der Waals surface area contributed by atoms with E-state index in [4.69, 9.17) is 0 Å². The molecule has 3 heteroatoms. The van der Waals surface area contributed by atoms with Gasteiger partial charge >= 0.3 is 0 Å². The largest absolute Gasteiger partial charge is 0.311 e. The molecule has 0 amide bonds. The minimum Gasteiger partial charge on any atom is -0.311 e. The Balaban J connectivity index is 1.58. The zero-order valence-corrected chi connectivity index (χ0v) is 14.2. The molecular formula is C17H34N2S. The van der Waals surface area contributed by atoms with Crippen LogP contribution in [0.25, 0.3) is 0 Å². The maximum atomic E-state index is 3.79. The molecule has 1 saturated carbocycles. The van der Waals surface area contributed by atoms with E-state index in [0.717, 1.165) is 12.0 Å². The lowest BCUT2D eigenvalue weighted by Gasteiger charge is -2.39. The molecule has 1 aliphatic heterocycles. The van der Waals surface area contributed by atoms with Crippen molar-refractivity contribution in [2.45, 2.75) is 63.8 Å². The van der Waals surface area contributed by atoms with Crippen LogP contribution < -0.4 is 5.32 Å². The number of thioether (sulfide) groups is 1. The topological polar surface area (TPSA) is 15.3 Å². The maximum Gasteiger partial charge on any atom is 0.0223 e. The highest BCUT2D eigenvalue weighted by Gasteiger charge is 2.27. The number of hydrogen-bond acceptors (Lipinski definition) is 3. The van der Waals surface area contributed by atoms with Crippen molar-refractivity contribution < 1.29 is 0 Å². The number of piperazine rings is 1. The van der Waals surface area contributed by atoms with Crippen LogP contribution in [0.1, 0.15) is 57.8 Å². The van der Waals surface area contributed by atoms with E-state index in [9.17, 15) is 0 Å². The highest BCUT2D eigenvalue weighted by Crippen LogP contribution is 2.27. The first kappa shape index (κ1) is 16.6. The van der Waals surface area contributed by atoms with Gasteiger partial charge in [-0.05, 0) is 50.2 Å². The lowest BCUT2D eigenvalue weighted by atomic mass is 9.83. The molecule has 0 spiro atoms. The number of rotatable bonds is 8. The first-order valence-corrected chi connectivity index (χ1v) is 10.2. The minimum absolute atomic E-state index is 0.792. The molecule has 1 N–H and O–H groups in total. The summed E-state index contributed by atoms with van der Waals surface area (Å²) in [6.45, 7) is 5.14. The second-order valence-corrected chi connectivity index (χ2v) is 7.65. The Hall–Kier alpha value is 0.270. The Morgan fingerprint density at radius 1 is 1.05 bits per heavy atom. The summed E-state index contributed by atoms with van der Waals surface area (Å²) < 4.78 is 0. The van der Waals surface area contributed by atoms with Crippen LogP contribution >= 0.6 is 11.8 Å². The van der Waals surface area contributed by atoms with Gasteiger partial charge in [-0.2, -0.15) is 11.8 Å². The predicted molar refractivity (Wildman–Crippen MR) is 91.7 cm³/mol. The van der Waals surface area contributed by atoms with Crippen molar-refractivity contribution in [1.82, 2.24) is 10.2 Å². The van der Waals surface area contributed by atoms with Crippen molar-refractivity contribution in [3.63, 3.8) is 0 Å². The molecule has 2 rings (SSSR count). The van der Waals surface area contributed by atoms with Crippen LogP contribution in [0.15, 0.2) is 0 Å². The van der Waals surface area contributed by atoms with Gasteiger partial charge in [-0.15, -0.1) is 0 Å². The van der Waals surface area contributed by atoms with Crippen LogP contribution in [-0.4, -0.2) is 49.1 Å². The smallest absolute Gasteiger partial charge is 0.0223 e. The van der Waals surface area contributed by atoms with Gasteiger partial charge in [0.15, 0.2) is 0 Å². The maximum absolute atomic E-state index is 3.79. The Labute approximate surface area is 130 Å². The monoisotopic (exact) mass is 298 g/mol. The normalized spacial score (nSPS) is 25.9. The molecule has 1 aliphatic carbocycles. The molecule has 2 nitrogen and oxygen atoms in total. The summed E-state index contributed by atoms with van der Waals surface area (Å²) in [4.78, 5) is 2.73. The van der Waals surface area contributed by atoms with Gasteiger partial charge in [0.25, 0.3) is 0 Å². The van der Waals surface area contributed by atoms with Crippen LogP contribution in [0.5, 0.6) is 0 Å². The molecule has 1 heterocycles. The molecule has 0 bridgehead atoms. The van der Waals surface area contributed by atoms with E-state index < -0.39 is 0 Å². The van der Waals surface area contributed by atoms with Crippen LogP contribution in [-0.2, 0) is 0 Å². The van der Waals surface area contributed by atoms with Gasteiger partial charge in [0, 0.05) is 25.7 Å². The number of nitrogens with one attached hydrogen (secondary N) is 1. The summed E-state index contributed by atoms with van der Waals surface area (Å²) >= 11 is 1.99. The first-order chi connectivity index (χ1) is 9.90. The van der Waals surface area contributed by atoms with Crippen LogP contribution in [0, 0.1) is 5.92 Å². The van der Waals surface area contributed by atoms with Crippen molar-refractivity contribution in [2.24, 2.45) is 5.92 Å². The lowest BCUT2D eigenvalue weighted by molar-refractivity contribution is 0.144. The van der Waals surface area contributed by atoms with E-state index in [2.05, 4.69) is 16.5 Å². The van der Waals surface area contributed by atoms with Crippen molar-refractivity contribution in [3.05, 3.63) is 0 Å². The molecule has 20 heavy (non-hydrogen) atoms. The van der Waals surface area contributed by atoms with E-state index in [1.54, 1.807) is 0 Å².